The van der Waals surface area contributed by atoms with Crippen LogP contribution in [-0.2, 0) is 4.79 Å². The van der Waals surface area contributed by atoms with E-state index in [9.17, 15) is 9.65 Å². The Balaban J connectivity index is 0.00000195. The van der Waals surface area contributed by atoms with E-state index in [4.69, 9.17) is 15.6 Å². The van der Waals surface area contributed by atoms with Gasteiger partial charge in [-0.3, -0.25) is 19.9 Å². The van der Waals surface area contributed by atoms with E-state index in [-0.39, 0.29) is 20.8 Å². The molecule has 2 aliphatic rings. The number of rotatable bonds is 13. The molecular weight excluding hydrogens is 532 g/mol. The van der Waals surface area contributed by atoms with Crippen molar-refractivity contribution in [1.82, 2.24) is 24.7 Å². The Kier molecular flexibility index (Phi) is 10.2. The van der Waals surface area contributed by atoms with Gasteiger partial charge in [0.05, 0.1) is 33.3 Å². The van der Waals surface area contributed by atoms with Crippen LogP contribution in [0.25, 0.3) is 5.52 Å². The first-order valence-electron chi connectivity index (χ1n) is 12.1. The van der Waals surface area contributed by atoms with Gasteiger partial charge in [0.1, 0.15) is 29.6 Å². The molecule has 0 saturated heterocycles. The lowest BCUT2D eigenvalue weighted by molar-refractivity contribution is -0.0980. The molecule has 5 N–H and O–H groups in total. The van der Waals surface area contributed by atoms with Crippen LogP contribution in [0.5, 0.6) is 0 Å². The Morgan fingerprint density at radius 1 is 1.24 bits per heavy atom. The summed E-state index contributed by atoms with van der Waals surface area (Å²) >= 11 is 1.97. The minimum atomic E-state index is -0.797. The first-order valence-corrected chi connectivity index (χ1v) is 13.8. The quantitative estimate of drug-likeness (QED) is 0.141. The summed E-state index contributed by atoms with van der Waals surface area (Å²) < 4.78 is 34.3. The number of hydrogen-bond acceptors (Lipinski definition) is 11. The third-order valence-electron chi connectivity index (χ3n) is 6.58. The number of nitrogens with one attached hydrogen (secondary N) is 5. The highest BCUT2D eigenvalue weighted by atomic mass is 32.2. The van der Waals surface area contributed by atoms with Gasteiger partial charge in [0.15, 0.2) is 11.6 Å². The summed E-state index contributed by atoms with van der Waals surface area (Å²) in [7, 11) is 3.67. The molecule has 14 heteroatoms. The molecule has 0 amide bonds. The molecular formula is C24H33F2N9OS2. The number of anilines is 1. The Labute approximate surface area is 229 Å². The fraction of sp³-hybridized carbons (Fsp3) is 0.542. The Bertz CT molecular complexity index is 1200. The van der Waals surface area contributed by atoms with Gasteiger partial charge in [-0.05, 0) is 51.7 Å². The first kappa shape index (κ1) is 30.0. The second kappa shape index (κ2) is 13.0. The molecule has 2 aliphatic carbocycles. The number of pyridine rings is 1. The lowest BCUT2D eigenvalue weighted by Gasteiger charge is -2.27. The number of hydrogen-bond donors (Lipinski definition) is 5. The van der Waals surface area contributed by atoms with Gasteiger partial charge in [-0.1, -0.05) is 11.8 Å². The maximum absolute atomic E-state index is 16.0. The molecule has 0 spiro atoms. The molecule has 10 nitrogen and oxygen atoms in total. The third-order valence-corrected chi connectivity index (χ3v) is 8.60. The molecule has 0 aliphatic heterocycles. The number of thioether (sulfide) groups is 1. The van der Waals surface area contributed by atoms with Gasteiger partial charge in [0.25, 0.3) is 0 Å². The van der Waals surface area contributed by atoms with E-state index in [0.29, 0.717) is 63.1 Å². The van der Waals surface area contributed by atoms with Gasteiger partial charge >= 0.3 is 0 Å². The summed E-state index contributed by atoms with van der Waals surface area (Å²) in [5.74, 6) is -0.160. The van der Waals surface area contributed by atoms with Crippen molar-refractivity contribution in [2.75, 3.05) is 51.8 Å². The van der Waals surface area contributed by atoms with Crippen molar-refractivity contribution in [3.05, 3.63) is 24.0 Å². The zero-order valence-electron chi connectivity index (χ0n) is 21.5. The Hall–Kier alpha value is -2.57. The summed E-state index contributed by atoms with van der Waals surface area (Å²) in [6.07, 6.45) is 5.76. The molecule has 206 valence electrons. The molecule has 0 bridgehead atoms. The van der Waals surface area contributed by atoms with Crippen LogP contribution >= 0.6 is 23.7 Å². The topological polar surface area (TPSA) is 145 Å². The highest BCUT2D eigenvalue weighted by molar-refractivity contribution is 8.26. The molecule has 0 aromatic carbocycles. The van der Waals surface area contributed by atoms with E-state index in [1.165, 1.54) is 0 Å². The Morgan fingerprint density at radius 2 is 1.87 bits per heavy atom. The van der Waals surface area contributed by atoms with E-state index in [0.717, 1.165) is 23.7 Å². The van der Waals surface area contributed by atoms with Gasteiger partial charge in [-0.2, -0.15) is 5.26 Å². The lowest BCUT2D eigenvalue weighted by Crippen LogP contribution is -2.36. The number of carbonyl (C=O) groups is 1. The van der Waals surface area contributed by atoms with Crippen molar-refractivity contribution in [2.45, 2.75) is 36.1 Å². The molecule has 2 aromatic rings. The molecule has 0 unspecified atom stereocenters. The van der Waals surface area contributed by atoms with E-state index in [2.05, 4.69) is 26.4 Å². The van der Waals surface area contributed by atoms with Crippen LogP contribution < -0.4 is 20.3 Å². The van der Waals surface area contributed by atoms with Gasteiger partial charge in [-0.15, -0.1) is 0 Å². The van der Waals surface area contributed by atoms with Crippen LogP contribution in [0.1, 0.15) is 31.5 Å². The van der Waals surface area contributed by atoms with Crippen molar-refractivity contribution < 1.29 is 13.6 Å². The van der Waals surface area contributed by atoms with E-state index < -0.39 is 23.4 Å². The van der Waals surface area contributed by atoms with Crippen molar-refractivity contribution in [3.63, 3.8) is 0 Å². The summed E-state index contributed by atoms with van der Waals surface area (Å²) in [5.41, 5.74) is -0.548. The van der Waals surface area contributed by atoms with Crippen LogP contribution in [0.15, 0.2) is 17.3 Å². The van der Waals surface area contributed by atoms with Crippen LogP contribution in [0, 0.1) is 33.4 Å². The molecule has 0 atom stereocenters. The maximum atomic E-state index is 16.0. The molecule has 0 radical (unpaired) electrons. The lowest BCUT2D eigenvalue weighted by atomic mass is 10.2. The van der Waals surface area contributed by atoms with Crippen LogP contribution in [-0.4, -0.2) is 78.7 Å². The normalized spacial score (nSPS) is 16.3. The summed E-state index contributed by atoms with van der Waals surface area (Å²) in [4.78, 5) is 14.6. The van der Waals surface area contributed by atoms with Crippen LogP contribution in [0.4, 0.5) is 14.5 Å². The molecule has 2 aromatic heterocycles. The number of nitriles is 1. The zero-order chi connectivity index (χ0) is 27.9. The van der Waals surface area contributed by atoms with Gasteiger partial charge in [-0.25, -0.2) is 13.8 Å². The largest absolute Gasteiger partial charge is 0.365 e. The molecule has 2 heterocycles. The highest BCUT2D eigenvalue weighted by Crippen LogP contribution is 2.49. The first-order chi connectivity index (χ1) is 18.3. The standard InChI is InChI=1S/C23H31F2N9S2.CH2O/c1-29-7-9-33(10-8-30-2)18-15-11-31-20(19(27)35-21(28)22(14-26)3-4-22)34(15)12-16(17(18)25)36-32-23(13-24)5-6-23;1-2/h11-12,27-30,32H,3-10,13H2,1-2H3;1H2. The van der Waals surface area contributed by atoms with Gasteiger partial charge < -0.3 is 20.3 Å². The summed E-state index contributed by atoms with van der Waals surface area (Å²) in [6, 6.07) is 2.18. The monoisotopic (exact) mass is 565 g/mol. The number of alkyl halides is 1. The van der Waals surface area contributed by atoms with E-state index in [1.807, 2.05) is 25.8 Å². The molecule has 38 heavy (non-hydrogen) atoms. The van der Waals surface area contributed by atoms with E-state index in [1.54, 1.807) is 16.8 Å². The second-order valence-electron chi connectivity index (χ2n) is 9.26. The smallest absolute Gasteiger partial charge is 0.169 e. The number of nitrogens with zero attached hydrogens (tertiary/aromatic N) is 4. The number of imidazole rings is 1. The number of carbonyl (C=O) groups excluding carboxylic acids is 1. The fourth-order valence-electron chi connectivity index (χ4n) is 3.78. The minimum Gasteiger partial charge on any atom is -0.365 e. The number of likely N-dealkylation sites (N-methyl/N-ethyl adjacent to an activating group) is 2. The summed E-state index contributed by atoms with van der Waals surface area (Å²) in [5, 5.41) is 32.7. The van der Waals surface area contributed by atoms with Gasteiger partial charge in [0.2, 0.25) is 0 Å². The van der Waals surface area contributed by atoms with Crippen molar-refractivity contribution in [3.8, 4) is 6.07 Å². The van der Waals surface area contributed by atoms with Crippen molar-refractivity contribution >= 4 is 51.8 Å². The highest BCUT2D eigenvalue weighted by Gasteiger charge is 2.48. The second-order valence-corrected chi connectivity index (χ2v) is 11.1. The van der Waals surface area contributed by atoms with Crippen LogP contribution in [0.2, 0.25) is 0 Å². The zero-order valence-corrected chi connectivity index (χ0v) is 23.1. The third kappa shape index (κ3) is 6.35. The van der Waals surface area contributed by atoms with E-state index >= 15 is 4.39 Å². The maximum Gasteiger partial charge on any atom is 0.169 e. The van der Waals surface area contributed by atoms with Crippen LogP contribution in [0.3, 0.4) is 0 Å². The fourth-order valence-corrected chi connectivity index (χ4v) is 5.60. The minimum absolute atomic E-state index is 0.0161. The average Bonchev–Trinajstić information content (AvgIpc) is 3.86. The number of fused-ring (bicyclic) bond motifs is 1. The number of halogens is 2. The van der Waals surface area contributed by atoms with Crippen molar-refractivity contribution in [2.24, 2.45) is 5.41 Å². The predicted molar refractivity (Wildman–Crippen MR) is 149 cm³/mol. The predicted octanol–water partition coefficient (Wildman–Crippen LogP) is 2.97. The SMILES string of the molecule is C=O.CNCCN(CCNC)c1c(F)c(SNC2(CF)CC2)cn2c(C(=N)SC(=N)C3(C#N)CC3)ncc12. The molecule has 2 saturated carbocycles. The summed E-state index contributed by atoms with van der Waals surface area (Å²) in [6.45, 7) is 3.84. The number of aromatic nitrogens is 2. The van der Waals surface area contributed by atoms with Gasteiger partial charge in [0, 0.05) is 32.4 Å². The molecule has 4 rings (SSSR count). The molecule has 2 fully saturated rings. The average molecular weight is 566 g/mol. The Morgan fingerprint density at radius 3 is 2.37 bits per heavy atom. The van der Waals surface area contributed by atoms with Crippen molar-refractivity contribution in [1.29, 1.82) is 16.1 Å².